The number of pyridine rings is 1. The predicted molar refractivity (Wildman–Crippen MR) is 76.4 cm³/mol. The van der Waals surface area contributed by atoms with Crippen molar-refractivity contribution in [1.82, 2.24) is 10.3 Å². The molecule has 2 heteroatoms. The van der Waals surface area contributed by atoms with E-state index < -0.39 is 0 Å². The Morgan fingerprint density at radius 2 is 1.94 bits per heavy atom. The van der Waals surface area contributed by atoms with Crippen molar-refractivity contribution in [1.29, 1.82) is 0 Å². The van der Waals surface area contributed by atoms with Gasteiger partial charge >= 0.3 is 0 Å². The van der Waals surface area contributed by atoms with Crippen molar-refractivity contribution in [3.05, 3.63) is 53.9 Å². The van der Waals surface area contributed by atoms with E-state index in [9.17, 15) is 0 Å². The quantitative estimate of drug-likeness (QED) is 0.884. The van der Waals surface area contributed by atoms with Gasteiger partial charge in [0.05, 0.1) is 0 Å². The van der Waals surface area contributed by atoms with Crippen LogP contribution in [0, 0.1) is 6.92 Å². The van der Waals surface area contributed by atoms with Crippen LogP contribution in [-0.2, 0) is 6.54 Å². The van der Waals surface area contributed by atoms with Crippen molar-refractivity contribution >= 4 is 0 Å². The number of nitrogens with one attached hydrogen (secondary N) is 1. The molecule has 0 bridgehead atoms. The van der Waals surface area contributed by atoms with Crippen molar-refractivity contribution in [3.8, 4) is 11.1 Å². The van der Waals surface area contributed by atoms with E-state index in [1.54, 1.807) is 0 Å². The fraction of sp³-hybridized carbons (Fsp3) is 0.312. The minimum atomic E-state index is 0.509. The second-order valence-electron chi connectivity index (χ2n) is 4.92. The maximum absolute atomic E-state index is 4.34. The lowest BCUT2D eigenvalue weighted by Gasteiger charge is -2.09. The third kappa shape index (κ3) is 3.41. The molecule has 0 unspecified atom stereocenters. The molecule has 94 valence electrons. The van der Waals surface area contributed by atoms with Crippen LogP contribution in [0.5, 0.6) is 0 Å². The molecule has 0 aliphatic rings. The van der Waals surface area contributed by atoms with Crippen LogP contribution >= 0.6 is 0 Å². The van der Waals surface area contributed by atoms with Gasteiger partial charge < -0.3 is 5.32 Å². The molecule has 0 amide bonds. The molecule has 1 N–H and O–H groups in total. The smallest absolute Gasteiger partial charge is 0.0373 e. The fourth-order valence-electron chi connectivity index (χ4n) is 1.82. The Labute approximate surface area is 109 Å². The lowest BCUT2D eigenvalue weighted by atomic mass is 10.0. The van der Waals surface area contributed by atoms with E-state index in [2.05, 4.69) is 54.5 Å². The summed E-state index contributed by atoms with van der Waals surface area (Å²) in [5.74, 6) is 0. The molecule has 0 saturated heterocycles. The summed E-state index contributed by atoms with van der Waals surface area (Å²) >= 11 is 0. The van der Waals surface area contributed by atoms with Gasteiger partial charge in [-0.1, -0.05) is 38.1 Å². The highest BCUT2D eigenvalue weighted by Crippen LogP contribution is 2.19. The van der Waals surface area contributed by atoms with E-state index in [-0.39, 0.29) is 0 Å². The number of nitrogens with zero attached hydrogens (tertiary/aromatic N) is 1. The molecule has 2 rings (SSSR count). The molecule has 0 spiro atoms. The van der Waals surface area contributed by atoms with Crippen LogP contribution in [0.3, 0.4) is 0 Å². The van der Waals surface area contributed by atoms with Gasteiger partial charge in [-0.05, 0) is 30.2 Å². The molecule has 0 aliphatic heterocycles. The van der Waals surface area contributed by atoms with E-state index in [0.29, 0.717) is 6.04 Å². The molecule has 0 fully saturated rings. The van der Waals surface area contributed by atoms with Crippen LogP contribution < -0.4 is 5.32 Å². The van der Waals surface area contributed by atoms with Crippen LogP contribution in [-0.4, -0.2) is 11.0 Å². The number of hydrogen-bond donors (Lipinski definition) is 1. The van der Waals surface area contributed by atoms with Gasteiger partial charge in [0.2, 0.25) is 0 Å². The fourth-order valence-corrected chi connectivity index (χ4v) is 1.82. The number of aryl methyl sites for hydroxylation is 1. The Bertz CT molecular complexity index is 501. The van der Waals surface area contributed by atoms with Crippen LogP contribution in [0.25, 0.3) is 11.1 Å². The first-order chi connectivity index (χ1) is 8.65. The van der Waals surface area contributed by atoms with E-state index in [4.69, 9.17) is 0 Å². The first-order valence-corrected chi connectivity index (χ1v) is 6.40. The Kier molecular flexibility index (Phi) is 4.11. The molecule has 1 aromatic heterocycles. The SMILES string of the molecule is Cc1ccc(-c2cccc(CNC(C)C)c2)cn1. The number of hydrogen-bond acceptors (Lipinski definition) is 2. The van der Waals surface area contributed by atoms with Crippen molar-refractivity contribution in [3.63, 3.8) is 0 Å². The molecule has 1 heterocycles. The minimum Gasteiger partial charge on any atom is -0.310 e. The third-order valence-electron chi connectivity index (χ3n) is 2.89. The largest absolute Gasteiger partial charge is 0.310 e. The van der Waals surface area contributed by atoms with Gasteiger partial charge in [0.25, 0.3) is 0 Å². The summed E-state index contributed by atoms with van der Waals surface area (Å²) in [7, 11) is 0. The molecule has 18 heavy (non-hydrogen) atoms. The molecule has 2 nitrogen and oxygen atoms in total. The van der Waals surface area contributed by atoms with Gasteiger partial charge in [-0.15, -0.1) is 0 Å². The maximum Gasteiger partial charge on any atom is 0.0373 e. The molecule has 2 aromatic rings. The summed E-state index contributed by atoms with van der Waals surface area (Å²) in [5, 5.41) is 3.43. The van der Waals surface area contributed by atoms with Crippen LogP contribution in [0.1, 0.15) is 25.1 Å². The second-order valence-corrected chi connectivity index (χ2v) is 4.92. The zero-order valence-corrected chi connectivity index (χ0v) is 11.3. The summed E-state index contributed by atoms with van der Waals surface area (Å²) in [5.41, 5.74) is 4.76. The van der Waals surface area contributed by atoms with Gasteiger partial charge in [0, 0.05) is 30.0 Å². The van der Waals surface area contributed by atoms with Gasteiger partial charge in [-0.2, -0.15) is 0 Å². The molecule has 0 atom stereocenters. The number of rotatable bonds is 4. The second kappa shape index (κ2) is 5.78. The Morgan fingerprint density at radius 3 is 2.61 bits per heavy atom. The topological polar surface area (TPSA) is 24.9 Å². The summed E-state index contributed by atoms with van der Waals surface area (Å²) in [4.78, 5) is 4.34. The first kappa shape index (κ1) is 12.8. The zero-order valence-electron chi connectivity index (χ0n) is 11.3. The van der Waals surface area contributed by atoms with Crippen LogP contribution in [0.2, 0.25) is 0 Å². The highest BCUT2D eigenvalue weighted by Gasteiger charge is 2.00. The molecule has 0 saturated carbocycles. The summed E-state index contributed by atoms with van der Waals surface area (Å²) < 4.78 is 0. The molecular weight excluding hydrogens is 220 g/mol. The number of benzene rings is 1. The van der Waals surface area contributed by atoms with Gasteiger partial charge in [-0.25, -0.2) is 0 Å². The van der Waals surface area contributed by atoms with E-state index in [1.807, 2.05) is 19.2 Å². The standard InChI is InChI=1S/C16H20N2/c1-12(2)17-10-14-5-4-6-15(9-14)16-8-7-13(3)18-11-16/h4-9,11-12,17H,10H2,1-3H3. The summed E-state index contributed by atoms with van der Waals surface area (Å²) in [6.45, 7) is 7.24. The van der Waals surface area contributed by atoms with Crippen molar-refractivity contribution in [2.45, 2.75) is 33.4 Å². The van der Waals surface area contributed by atoms with Crippen LogP contribution in [0.15, 0.2) is 42.6 Å². The van der Waals surface area contributed by atoms with Gasteiger partial charge in [0.15, 0.2) is 0 Å². The van der Waals surface area contributed by atoms with Crippen molar-refractivity contribution < 1.29 is 0 Å². The van der Waals surface area contributed by atoms with E-state index in [0.717, 1.165) is 12.2 Å². The highest BCUT2D eigenvalue weighted by molar-refractivity contribution is 5.63. The highest BCUT2D eigenvalue weighted by atomic mass is 14.9. The molecular formula is C16H20N2. The Balaban J connectivity index is 2.18. The van der Waals surface area contributed by atoms with Crippen molar-refractivity contribution in [2.75, 3.05) is 0 Å². The third-order valence-corrected chi connectivity index (χ3v) is 2.89. The van der Waals surface area contributed by atoms with Crippen LogP contribution in [0.4, 0.5) is 0 Å². The number of aromatic nitrogens is 1. The van der Waals surface area contributed by atoms with Gasteiger partial charge in [0.1, 0.15) is 0 Å². The average molecular weight is 240 g/mol. The monoisotopic (exact) mass is 240 g/mol. The molecule has 1 aromatic carbocycles. The Morgan fingerprint density at radius 1 is 1.11 bits per heavy atom. The molecule has 0 radical (unpaired) electrons. The lowest BCUT2D eigenvalue weighted by molar-refractivity contribution is 0.589. The summed E-state index contributed by atoms with van der Waals surface area (Å²) in [6.07, 6.45) is 1.93. The maximum atomic E-state index is 4.34. The van der Waals surface area contributed by atoms with Crippen molar-refractivity contribution in [2.24, 2.45) is 0 Å². The lowest BCUT2D eigenvalue weighted by Crippen LogP contribution is -2.21. The minimum absolute atomic E-state index is 0.509. The average Bonchev–Trinajstić information content (AvgIpc) is 2.37. The summed E-state index contributed by atoms with van der Waals surface area (Å²) in [6, 6.07) is 13.3. The predicted octanol–water partition coefficient (Wildman–Crippen LogP) is 3.56. The van der Waals surface area contributed by atoms with E-state index >= 15 is 0 Å². The normalized spacial score (nSPS) is 10.9. The Hall–Kier alpha value is -1.67. The van der Waals surface area contributed by atoms with E-state index in [1.165, 1.54) is 16.7 Å². The zero-order chi connectivity index (χ0) is 13.0. The first-order valence-electron chi connectivity index (χ1n) is 6.40. The van der Waals surface area contributed by atoms with Gasteiger partial charge in [-0.3, -0.25) is 4.98 Å². The molecule has 0 aliphatic carbocycles.